The number of nitrogens with zero attached hydrogens (tertiary/aromatic N) is 3. The molecular weight excluding hydrogens is 304 g/mol. The van der Waals surface area contributed by atoms with E-state index in [2.05, 4.69) is 9.98 Å². The van der Waals surface area contributed by atoms with Gasteiger partial charge in [-0.1, -0.05) is 6.42 Å². The van der Waals surface area contributed by atoms with Gasteiger partial charge in [0.15, 0.2) is 17.9 Å². The van der Waals surface area contributed by atoms with E-state index in [1.165, 1.54) is 11.0 Å². The zero-order valence-electron chi connectivity index (χ0n) is 12.4. The molecule has 0 unspecified atom stereocenters. The standard InChI is InChI=1S/C15H17F2N5O/c16-10-5-4-9(8-23)12(11(10)17)22-14(19)20-13(18)21-15(22)6-2-1-3-7-15/h4-5,8H,1-3,6-7H2,(H4,18,19,20,21). The number of carbonyl (C=O) groups excluding carboxylic acids is 1. The van der Waals surface area contributed by atoms with Crippen LogP contribution in [0.25, 0.3) is 0 Å². The fourth-order valence-corrected chi connectivity index (χ4v) is 3.32. The quantitative estimate of drug-likeness (QED) is 0.813. The number of benzene rings is 1. The molecule has 23 heavy (non-hydrogen) atoms. The normalized spacial score (nSPS) is 20.2. The molecule has 0 radical (unpaired) electrons. The molecule has 4 N–H and O–H groups in total. The Balaban J connectivity index is 2.22. The number of halogens is 2. The summed E-state index contributed by atoms with van der Waals surface area (Å²) in [4.78, 5) is 20.9. The van der Waals surface area contributed by atoms with E-state index >= 15 is 0 Å². The average Bonchev–Trinajstić information content (AvgIpc) is 2.51. The van der Waals surface area contributed by atoms with Crippen LogP contribution in [0, 0.1) is 11.6 Å². The maximum atomic E-state index is 14.5. The second-order valence-corrected chi connectivity index (χ2v) is 5.74. The van der Waals surface area contributed by atoms with E-state index in [4.69, 9.17) is 11.5 Å². The Morgan fingerprint density at radius 2 is 1.87 bits per heavy atom. The van der Waals surface area contributed by atoms with Crippen molar-refractivity contribution in [3.05, 3.63) is 29.3 Å². The summed E-state index contributed by atoms with van der Waals surface area (Å²) in [6.45, 7) is 0. The van der Waals surface area contributed by atoms with Crippen LogP contribution in [-0.2, 0) is 0 Å². The van der Waals surface area contributed by atoms with Crippen molar-refractivity contribution in [2.24, 2.45) is 21.5 Å². The van der Waals surface area contributed by atoms with Gasteiger partial charge in [0.1, 0.15) is 5.66 Å². The Hall–Kier alpha value is -2.51. The van der Waals surface area contributed by atoms with E-state index in [0.29, 0.717) is 19.1 Å². The van der Waals surface area contributed by atoms with Crippen LogP contribution in [0.1, 0.15) is 42.5 Å². The van der Waals surface area contributed by atoms with Gasteiger partial charge < -0.3 is 11.5 Å². The summed E-state index contributed by atoms with van der Waals surface area (Å²) in [7, 11) is 0. The molecule has 1 aliphatic heterocycles. The number of carbonyl (C=O) groups is 1. The van der Waals surface area contributed by atoms with Crippen LogP contribution in [0.2, 0.25) is 0 Å². The highest BCUT2D eigenvalue weighted by atomic mass is 19.2. The Bertz CT molecular complexity index is 710. The molecule has 2 aliphatic rings. The summed E-state index contributed by atoms with van der Waals surface area (Å²) in [5.74, 6) is -2.29. The smallest absolute Gasteiger partial charge is 0.220 e. The molecule has 0 bridgehead atoms. The predicted molar refractivity (Wildman–Crippen MR) is 83.3 cm³/mol. The Morgan fingerprint density at radius 1 is 1.17 bits per heavy atom. The molecule has 1 aromatic rings. The van der Waals surface area contributed by atoms with Crippen LogP contribution in [-0.4, -0.2) is 23.9 Å². The minimum Gasteiger partial charge on any atom is -0.369 e. The maximum absolute atomic E-state index is 14.5. The van der Waals surface area contributed by atoms with Gasteiger partial charge in [-0.2, -0.15) is 4.99 Å². The lowest BCUT2D eigenvalue weighted by atomic mass is 9.87. The molecule has 0 amide bonds. The number of aldehydes is 1. The lowest BCUT2D eigenvalue weighted by Crippen LogP contribution is -2.58. The number of aliphatic imine (C=N–C) groups is 2. The molecule has 0 aromatic heterocycles. The molecule has 1 fully saturated rings. The first-order chi connectivity index (χ1) is 11.0. The van der Waals surface area contributed by atoms with Crippen LogP contribution < -0.4 is 16.4 Å². The van der Waals surface area contributed by atoms with E-state index in [0.717, 1.165) is 25.3 Å². The number of guanidine groups is 2. The number of hydrogen-bond acceptors (Lipinski definition) is 6. The highest BCUT2D eigenvalue weighted by molar-refractivity contribution is 6.07. The van der Waals surface area contributed by atoms with Crippen LogP contribution in [0.3, 0.4) is 0 Å². The number of rotatable bonds is 2. The molecule has 0 atom stereocenters. The van der Waals surface area contributed by atoms with Crippen molar-refractivity contribution in [3.63, 3.8) is 0 Å². The summed E-state index contributed by atoms with van der Waals surface area (Å²) in [6.07, 6.45) is 4.29. The summed E-state index contributed by atoms with van der Waals surface area (Å²) in [5, 5.41) is 0. The van der Waals surface area contributed by atoms with Gasteiger partial charge in [0.2, 0.25) is 11.9 Å². The third-order valence-corrected chi connectivity index (χ3v) is 4.30. The van der Waals surface area contributed by atoms with Crippen LogP contribution in [0.4, 0.5) is 14.5 Å². The highest BCUT2D eigenvalue weighted by Gasteiger charge is 2.44. The minimum absolute atomic E-state index is 0.00474. The Labute approximate surface area is 131 Å². The Morgan fingerprint density at radius 3 is 2.52 bits per heavy atom. The second kappa shape index (κ2) is 5.60. The van der Waals surface area contributed by atoms with Crippen molar-refractivity contribution in [1.29, 1.82) is 0 Å². The minimum atomic E-state index is -1.15. The van der Waals surface area contributed by atoms with Crippen molar-refractivity contribution >= 4 is 23.9 Å². The van der Waals surface area contributed by atoms with Crippen molar-refractivity contribution in [3.8, 4) is 0 Å². The molecule has 8 heteroatoms. The van der Waals surface area contributed by atoms with E-state index in [-0.39, 0.29) is 23.2 Å². The SMILES string of the molecule is NC1=NC2(CCCCC2)N(c2c(C=O)ccc(F)c2F)C(N)=N1. The van der Waals surface area contributed by atoms with Crippen molar-refractivity contribution in [2.75, 3.05) is 4.90 Å². The molecular formula is C15H17F2N5O. The molecule has 1 heterocycles. The van der Waals surface area contributed by atoms with Crippen LogP contribution >= 0.6 is 0 Å². The van der Waals surface area contributed by atoms with Crippen LogP contribution in [0.15, 0.2) is 22.1 Å². The summed E-state index contributed by atoms with van der Waals surface area (Å²) in [5.41, 5.74) is 10.5. The lowest BCUT2D eigenvalue weighted by molar-refractivity contribution is 0.112. The van der Waals surface area contributed by atoms with Gasteiger partial charge in [0.25, 0.3) is 0 Å². The molecule has 1 aromatic carbocycles. The zero-order chi connectivity index (χ0) is 16.6. The van der Waals surface area contributed by atoms with E-state index < -0.39 is 17.3 Å². The summed E-state index contributed by atoms with van der Waals surface area (Å²) in [6, 6.07) is 2.12. The molecule has 6 nitrogen and oxygen atoms in total. The fraction of sp³-hybridized carbons (Fsp3) is 0.400. The van der Waals surface area contributed by atoms with Crippen LogP contribution in [0.5, 0.6) is 0 Å². The zero-order valence-corrected chi connectivity index (χ0v) is 12.4. The third kappa shape index (κ3) is 2.43. The van der Waals surface area contributed by atoms with Gasteiger partial charge in [-0.15, -0.1) is 0 Å². The van der Waals surface area contributed by atoms with E-state index in [1.54, 1.807) is 0 Å². The number of hydrogen-bond donors (Lipinski definition) is 2. The topological polar surface area (TPSA) is 97.1 Å². The van der Waals surface area contributed by atoms with Crippen molar-refractivity contribution in [2.45, 2.75) is 37.8 Å². The maximum Gasteiger partial charge on any atom is 0.220 e. The third-order valence-electron chi connectivity index (χ3n) is 4.30. The number of anilines is 1. The monoisotopic (exact) mass is 321 g/mol. The van der Waals surface area contributed by atoms with Gasteiger partial charge >= 0.3 is 0 Å². The van der Waals surface area contributed by atoms with Crippen molar-refractivity contribution < 1.29 is 13.6 Å². The first kappa shape index (κ1) is 15.4. The predicted octanol–water partition coefficient (Wildman–Crippen LogP) is 1.89. The summed E-state index contributed by atoms with van der Waals surface area (Å²) < 4.78 is 28.2. The van der Waals surface area contributed by atoms with Gasteiger partial charge in [-0.25, -0.2) is 13.8 Å². The molecule has 122 valence electrons. The molecule has 3 rings (SSSR count). The van der Waals surface area contributed by atoms with Gasteiger partial charge in [-0.05, 0) is 37.8 Å². The van der Waals surface area contributed by atoms with E-state index in [1.807, 2.05) is 0 Å². The van der Waals surface area contributed by atoms with Crippen molar-refractivity contribution in [1.82, 2.24) is 0 Å². The first-order valence-corrected chi connectivity index (χ1v) is 7.41. The second-order valence-electron chi connectivity index (χ2n) is 5.74. The molecule has 1 aliphatic carbocycles. The van der Waals surface area contributed by atoms with Gasteiger partial charge in [0, 0.05) is 5.56 Å². The Kier molecular flexibility index (Phi) is 3.75. The van der Waals surface area contributed by atoms with Gasteiger partial charge in [-0.3, -0.25) is 9.69 Å². The largest absolute Gasteiger partial charge is 0.369 e. The number of nitrogens with two attached hydrogens (primary N) is 2. The fourth-order valence-electron chi connectivity index (χ4n) is 3.32. The lowest BCUT2D eigenvalue weighted by Gasteiger charge is -2.45. The van der Waals surface area contributed by atoms with Gasteiger partial charge in [0.05, 0.1) is 5.69 Å². The van der Waals surface area contributed by atoms with E-state index in [9.17, 15) is 13.6 Å². The molecule has 0 saturated heterocycles. The molecule has 1 saturated carbocycles. The summed E-state index contributed by atoms with van der Waals surface area (Å²) >= 11 is 0. The first-order valence-electron chi connectivity index (χ1n) is 7.41. The molecule has 1 spiro atoms. The average molecular weight is 321 g/mol. The highest BCUT2D eigenvalue weighted by Crippen LogP contribution is 2.41.